The van der Waals surface area contributed by atoms with Crippen molar-refractivity contribution in [1.29, 1.82) is 0 Å². The largest absolute Gasteiger partial charge is 0.494 e. The first-order valence-corrected chi connectivity index (χ1v) is 6.13. The van der Waals surface area contributed by atoms with Gasteiger partial charge in [-0.25, -0.2) is 0 Å². The smallest absolute Gasteiger partial charge is 0.303 e. The summed E-state index contributed by atoms with van der Waals surface area (Å²) < 4.78 is 5.53. The van der Waals surface area contributed by atoms with Crippen molar-refractivity contribution in [1.82, 2.24) is 0 Å². The molecule has 0 atom stereocenters. The average Bonchev–Trinajstić information content (AvgIpc) is 2.30. The maximum Gasteiger partial charge on any atom is 0.303 e. The molecule has 0 unspecified atom stereocenters. The number of carboxylic acids is 1. The summed E-state index contributed by atoms with van der Waals surface area (Å²) in [6, 6.07) is 6.12. The number of ether oxygens (including phenoxy) is 1. The Labute approximate surface area is 102 Å². The first-order chi connectivity index (χ1) is 8.17. The number of benzene rings is 1. The highest BCUT2D eigenvalue weighted by molar-refractivity contribution is 5.66. The third kappa shape index (κ3) is 4.47. The lowest BCUT2D eigenvalue weighted by Gasteiger charge is -2.10. The lowest BCUT2D eigenvalue weighted by Crippen LogP contribution is -1.99. The van der Waals surface area contributed by atoms with E-state index in [0.717, 1.165) is 18.6 Å². The maximum absolute atomic E-state index is 10.4. The molecular weight excluding hydrogens is 216 g/mol. The van der Waals surface area contributed by atoms with Crippen molar-refractivity contribution < 1.29 is 14.6 Å². The lowest BCUT2D eigenvalue weighted by atomic mass is 10.0. The van der Waals surface area contributed by atoms with Crippen molar-refractivity contribution in [3.05, 3.63) is 29.3 Å². The maximum atomic E-state index is 10.4. The second-order valence-corrected chi connectivity index (χ2v) is 3.98. The Morgan fingerprint density at radius 1 is 1.35 bits per heavy atom. The molecule has 0 heterocycles. The van der Waals surface area contributed by atoms with E-state index in [1.807, 2.05) is 19.1 Å². The highest BCUT2D eigenvalue weighted by atomic mass is 16.5. The zero-order valence-electron chi connectivity index (χ0n) is 10.5. The molecule has 0 fully saturated rings. The van der Waals surface area contributed by atoms with Gasteiger partial charge in [0.1, 0.15) is 5.75 Å². The van der Waals surface area contributed by atoms with E-state index < -0.39 is 5.97 Å². The van der Waals surface area contributed by atoms with Gasteiger partial charge in [-0.15, -0.1) is 0 Å². The van der Waals surface area contributed by atoms with Crippen LogP contribution in [0.5, 0.6) is 5.75 Å². The second-order valence-electron chi connectivity index (χ2n) is 3.98. The Morgan fingerprint density at radius 3 is 2.71 bits per heavy atom. The minimum absolute atomic E-state index is 0.231. The lowest BCUT2D eigenvalue weighted by molar-refractivity contribution is -0.137. The van der Waals surface area contributed by atoms with Crippen molar-refractivity contribution in [2.24, 2.45) is 0 Å². The van der Waals surface area contributed by atoms with Gasteiger partial charge < -0.3 is 9.84 Å². The Balaban J connectivity index is 2.65. The molecule has 0 aromatic heterocycles. The van der Waals surface area contributed by atoms with Crippen LogP contribution in [0.25, 0.3) is 0 Å². The molecule has 94 valence electrons. The predicted molar refractivity (Wildman–Crippen MR) is 67.6 cm³/mol. The highest BCUT2D eigenvalue weighted by Crippen LogP contribution is 2.21. The number of rotatable bonds is 7. The monoisotopic (exact) mass is 236 g/mol. The van der Waals surface area contributed by atoms with Gasteiger partial charge in [0.25, 0.3) is 0 Å². The predicted octanol–water partition coefficient (Wildman–Crippen LogP) is 3.06. The number of aryl methyl sites for hydroxylation is 2. The van der Waals surface area contributed by atoms with Crippen LogP contribution in [0.3, 0.4) is 0 Å². The molecule has 0 saturated carbocycles. The highest BCUT2D eigenvalue weighted by Gasteiger charge is 2.04. The third-order valence-electron chi connectivity index (χ3n) is 2.66. The third-order valence-corrected chi connectivity index (χ3v) is 2.66. The molecule has 0 aliphatic carbocycles. The summed E-state index contributed by atoms with van der Waals surface area (Å²) in [6.07, 6.45) is 2.66. The van der Waals surface area contributed by atoms with Crippen LogP contribution < -0.4 is 4.74 Å². The van der Waals surface area contributed by atoms with E-state index in [4.69, 9.17) is 9.84 Å². The van der Waals surface area contributed by atoms with Crippen LogP contribution in [0.1, 0.15) is 37.8 Å². The van der Waals surface area contributed by atoms with Crippen LogP contribution in [0.2, 0.25) is 0 Å². The zero-order chi connectivity index (χ0) is 12.7. The molecule has 0 spiro atoms. The number of carbonyl (C=O) groups is 1. The van der Waals surface area contributed by atoms with Crippen LogP contribution >= 0.6 is 0 Å². The zero-order valence-corrected chi connectivity index (χ0v) is 10.5. The second kappa shape index (κ2) is 6.94. The molecule has 0 aliphatic rings. The van der Waals surface area contributed by atoms with Gasteiger partial charge in [0.15, 0.2) is 0 Å². The summed E-state index contributed by atoms with van der Waals surface area (Å²) in [6.45, 7) is 4.74. The van der Waals surface area contributed by atoms with Gasteiger partial charge in [-0.2, -0.15) is 0 Å². The fourth-order valence-corrected chi connectivity index (χ4v) is 1.80. The summed E-state index contributed by atoms with van der Waals surface area (Å²) in [5.74, 6) is 0.212. The normalized spacial score (nSPS) is 10.2. The van der Waals surface area contributed by atoms with E-state index in [1.165, 1.54) is 11.1 Å². The molecule has 0 aliphatic heterocycles. The molecule has 3 nitrogen and oxygen atoms in total. The van der Waals surface area contributed by atoms with E-state index >= 15 is 0 Å². The van der Waals surface area contributed by atoms with E-state index in [9.17, 15) is 4.79 Å². The standard InChI is InChI=1S/C14H20O3/c1-3-12-10-11(6-5-7-14(15)16)8-9-13(12)17-4-2/h8-10H,3-7H2,1-2H3,(H,15,16). The Morgan fingerprint density at radius 2 is 2.12 bits per heavy atom. The summed E-state index contributed by atoms with van der Waals surface area (Å²) in [5, 5.41) is 8.59. The molecule has 0 saturated heterocycles. The van der Waals surface area contributed by atoms with Crippen LogP contribution in [-0.2, 0) is 17.6 Å². The summed E-state index contributed by atoms with van der Waals surface area (Å²) in [5.41, 5.74) is 2.38. The topological polar surface area (TPSA) is 46.5 Å². The summed E-state index contributed by atoms with van der Waals surface area (Å²) in [7, 11) is 0. The van der Waals surface area contributed by atoms with Gasteiger partial charge in [0.05, 0.1) is 6.61 Å². The molecule has 1 aromatic carbocycles. The van der Waals surface area contributed by atoms with Crippen molar-refractivity contribution in [2.45, 2.75) is 39.5 Å². The van der Waals surface area contributed by atoms with E-state index in [-0.39, 0.29) is 6.42 Å². The van der Waals surface area contributed by atoms with Crippen molar-refractivity contribution >= 4 is 5.97 Å². The van der Waals surface area contributed by atoms with Crippen molar-refractivity contribution in [2.75, 3.05) is 6.61 Å². The SMILES string of the molecule is CCOc1ccc(CCCC(=O)O)cc1CC. The molecule has 0 bridgehead atoms. The molecule has 17 heavy (non-hydrogen) atoms. The molecule has 0 radical (unpaired) electrons. The van der Waals surface area contributed by atoms with Crippen LogP contribution in [-0.4, -0.2) is 17.7 Å². The Kier molecular flexibility index (Phi) is 5.53. The average molecular weight is 236 g/mol. The van der Waals surface area contributed by atoms with Gasteiger partial charge in [0, 0.05) is 6.42 Å². The Hall–Kier alpha value is -1.51. The number of carboxylic acid groups (broad SMARTS) is 1. The van der Waals surface area contributed by atoms with Gasteiger partial charge in [-0.3, -0.25) is 4.79 Å². The fourth-order valence-electron chi connectivity index (χ4n) is 1.80. The molecule has 1 rings (SSSR count). The van der Waals surface area contributed by atoms with Crippen LogP contribution in [0, 0.1) is 0 Å². The number of aliphatic carboxylic acids is 1. The first kappa shape index (κ1) is 13.6. The molecule has 1 aromatic rings. The van der Waals surface area contributed by atoms with Gasteiger partial charge in [0.2, 0.25) is 0 Å². The number of hydrogen-bond acceptors (Lipinski definition) is 2. The van der Waals surface area contributed by atoms with Crippen molar-refractivity contribution in [3.8, 4) is 5.75 Å². The fraction of sp³-hybridized carbons (Fsp3) is 0.500. The summed E-state index contributed by atoms with van der Waals surface area (Å²) in [4.78, 5) is 10.4. The molecule has 1 N–H and O–H groups in total. The quantitative estimate of drug-likeness (QED) is 0.791. The van der Waals surface area contributed by atoms with Crippen molar-refractivity contribution in [3.63, 3.8) is 0 Å². The molecular formula is C14H20O3. The van der Waals surface area contributed by atoms with Crippen LogP contribution in [0.4, 0.5) is 0 Å². The minimum atomic E-state index is -0.730. The summed E-state index contributed by atoms with van der Waals surface area (Å²) >= 11 is 0. The molecule has 0 amide bonds. The van der Waals surface area contributed by atoms with Gasteiger partial charge in [-0.1, -0.05) is 19.1 Å². The van der Waals surface area contributed by atoms with Gasteiger partial charge >= 0.3 is 5.97 Å². The van der Waals surface area contributed by atoms with E-state index in [2.05, 4.69) is 13.0 Å². The van der Waals surface area contributed by atoms with Gasteiger partial charge in [-0.05, 0) is 43.4 Å². The van der Waals surface area contributed by atoms with E-state index in [1.54, 1.807) is 0 Å². The minimum Gasteiger partial charge on any atom is -0.494 e. The molecule has 3 heteroatoms. The Bertz CT molecular complexity index is 372. The first-order valence-electron chi connectivity index (χ1n) is 6.13. The van der Waals surface area contributed by atoms with Crippen LogP contribution in [0.15, 0.2) is 18.2 Å². The number of hydrogen-bond donors (Lipinski definition) is 1. The van der Waals surface area contributed by atoms with E-state index in [0.29, 0.717) is 13.0 Å².